The van der Waals surface area contributed by atoms with Crippen molar-refractivity contribution >= 4 is 28.9 Å². The fraction of sp³-hybridized carbons (Fsp3) is 0.667. The quantitative estimate of drug-likeness (QED) is 0.253. The van der Waals surface area contributed by atoms with Crippen LogP contribution in [-0.4, -0.2) is 13.2 Å². The first-order valence-corrected chi connectivity index (χ1v) is 12.9. The van der Waals surface area contributed by atoms with Gasteiger partial charge in [0.05, 0.1) is 13.2 Å². The van der Waals surface area contributed by atoms with Gasteiger partial charge in [-0.1, -0.05) is 70.6 Å². The Kier molecular flexibility index (Phi) is 12.4. The van der Waals surface area contributed by atoms with Crippen molar-refractivity contribution < 1.29 is 9.05 Å². The zero-order valence-corrected chi connectivity index (χ0v) is 17.1. The van der Waals surface area contributed by atoms with Crippen LogP contribution in [0.3, 0.4) is 0 Å². The van der Waals surface area contributed by atoms with Crippen molar-refractivity contribution in [2.45, 2.75) is 70.1 Å². The van der Waals surface area contributed by atoms with Gasteiger partial charge in [-0.15, -0.1) is 0 Å². The predicted octanol–water partition coefficient (Wildman–Crippen LogP) is 7.20. The summed E-state index contributed by atoms with van der Waals surface area (Å²) in [7, 11) is 0. The Hall–Kier alpha value is 0.140. The molecule has 0 radical (unpaired) electrons. The van der Waals surface area contributed by atoms with Crippen LogP contribution in [0.15, 0.2) is 35.2 Å². The van der Waals surface area contributed by atoms with Crippen LogP contribution < -0.4 is 0 Å². The minimum atomic E-state index is -2.29. The minimum absolute atomic E-state index is 0.714. The monoisotopic (exact) mass is 374 g/mol. The van der Waals surface area contributed by atoms with Gasteiger partial charge in [0.15, 0.2) is 0 Å². The Bertz CT molecular complexity index is 422. The molecule has 0 saturated carbocycles. The molecule has 132 valence electrons. The van der Waals surface area contributed by atoms with E-state index in [4.69, 9.17) is 20.9 Å². The van der Waals surface area contributed by atoms with E-state index in [1.165, 1.54) is 38.5 Å². The lowest BCUT2D eigenvalue weighted by Gasteiger charge is -2.21. The summed E-state index contributed by atoms with van der Waals surface area (Å²) in [5.41, 5.74) is -2.29. The van der Waals surface area contributed by atoms with E-state index in [0.717, 1.165) is 17.7 Å². The third-order valence-electron chi connectivity index (χ3n) is 3.46. The van der Waals surface area contributed by atoms with E-state index in [0.29, 0.717) is 13.2 Å². The van der Waals surface area contributed by atoms with Crippen molar-refractivity contribution in [2.24, 2.45) is 0 Å². The summed E-state index contributed by atoms with van der Waals surface area (Å²) in [6.07, 6.45) is 9.55. The highest BCUT2D eigenvalue weighted by molar-refractivity contribution is 8.67. The molecule has 5 heteroatoms. The normalized spacial score (nSPS) is 11.7. The van der Waals surface area contributed by atoms with Crippen molar-refractivity contribution in [1.29, 1.82) is 0 Å². The maximum absolute atomic E-state index is 6.05. The third-order valence-corrected chi connectivity index (χ3v) is 8.40. The van der Waals surface area contributed by atoms with E-state index in [9.17, 15) is 0 Å². The predicted molar refractivity (Wildman–Crippen MR) is 107 cm³/mol. The van der Waals surface area contributed by atoms with Gasteiger partial charge in [-0.05, 0) is 48.2 Å². The zero-order valence-electron chi connectivity index (χ0n) is 14.5. The molecule has 0 aliphatic rings. The van der Waals surface area contributed by atoms with Crippen LogP contribution in [0.5, 0.6) is 0 Å². The molecular weight excluding hydrogens is 343 g/mol. The molecule has 0 fully saturated rings. The van der Waals surface area contributed by atoms with Crippen LogP contribution >= 0.6 is 17.1 Å². The molecule has 1 aromatic carbocycles. The average molecular weight is 375 g/mol. The maximum atomic E-state index is 6.05. The summed E-state index contributed by atoms with van der Waals surface area (Å²) in [6, 6.07) is 10.2. The van der Waals surface area contributed by atoms with Crippen LogP contribution in [0.1, 0.15) is 65.2 Å². The summed E-state index contributed by atoms with van der Waals surface area (Å²) in [6.45, 7) is 5.87. The van der Waals surface area contributed by atoms with Crippen molar-refractivity contribution in [2.75, 3.05) is 13.2 Å². The Balaban J connectivity index is 2.47. The lowest BCUT2D eigenvalue weighted by Crippen LogP contribution is -1.97. The van der Waals surface area contributed by atoms with E-state index in [-0.39, 0.29) is 0 Å². The van der Waals surface area contributed by atoms with Gasteiger partial charge in [-0.25, -0.2) is 0 Å². The molecule has 0 aromatic heterocycles. The fourth-order valence-electron chi connectivity index (χ4n) is 2.11. The van der Waals surface area contributed by atoms with E-state index >= 15 is 0 Å². The maximum Gasteiger partial charge on any atom is 0.252 e. The molecule has 0 unspecified atom stereocenters. The molecule has 0 amide bonds. The van der Waals surface area contributed by atoms with Crippen LogP contribution in [0.2, 0.25) is 0 Å². The number of benzene rings is 1. The van der Waals surface area contributed by atoms with Gasteiger partial charge in [-0.2, -0.15) is 0 Å². The Labute approximate surface area is 151 Å². The van der Waals surface area contributed by atoms with Crippen LogP contribution in [0.25, 0.3) is 0 Å². The molecule has 0 aliphatic carbocycles. The SMILES string of the molecule is CCCCCCOP(=S)(OCCCCCC)Sc1ccccc1. The Morgan fingerprint density at radius 1 is 0.826 bits per heavy atom. The highest BCUT2D eigenvalue weighted by atomic mass is 32.9. The van der Waals surface area contributed by atoms with Gasteiger partial charge >= 0.3 is 0 Å². The molecule has 23 heavy (non-hydrogen) atoms. The first-order chi connectivity index (χ1) is 11.2. The summed E-state index contributed by atoms with van der Waals surface area (Å²) in [5, 5.41) is 0. The van der Waals surface area contributed by atoms with Crippen LogP contribution in [0, 0.1) is 0 Å². The van der Waals surface area contributed by atoms with E-state index in [1.807, 2.05) is 18.2 Å². The topological polar surface area (TPSA) is 18.5 Å². The molecule has 0 atom stereocenters. The average Bonchev–Trinajstić information content (AvgIpc) is 2.55. The zero-order chi connectivity index (χ0) is 16.8. The van der Waals surface area contributed by atoms with Gasteiger partial charge in [0.25, 0.3) is 5.69 Å². The van der Waals surface area contributed by atoms with Crippen molar-refractivity contribution in [1.82, 2.24) is 0 Å². The van der Waals surface area contributed by atoms with Gasteiger partial charge in [0.2, 0.25) is 0 Å². The second-order valence-corrected chi connectivity index (χ2v) is 11.8. The lowest BCUT2D eigenvalue weighted by molar-refractivity contribution is 0.250. The van der Waals surface area contributed by atoms with E-state index in [1.54, 1.807) is 11.4 Å². The number of rotatable bonds is 14. The highest BCUT2D eigenvalue weighted by Crippen LogP contribution is 2.64. The van der Waals surface area contributed by atoms with Gasteiger partial charge < -0.3 is 9.05 Å². The van der Waals surface area contributed by atoms with Crippen LogP contribution in [0.4, 0.5) is 0 Å². The first kappa shape index (κ1) is 21.2. The standard InChI is InChI=1S/C18H31O2PS2/c1-3-5-7-12-16-19-21(22,20-17-13-8-6-4-2)23-18-14-10-9-11-15-18/h9-11,14-15H,3-8,12-13,16-17H2,1-2H3. The fourth-order valence-corrected chi connectivity index (χ4v) is 6.66. The number of hydrogen-bond acceptors (Lipinski definition) is 4. The highest BCUT2D eigenvalue weighted by Gasteiger charge is 2.21. The largest absolute Gasteiger partial charge is 0.321 e. The molecule has 0 heterocycles. The number of hydrogen-bond donors (Lipinski definition) is 0. The molecule has 0 aliphatic heterocycles. The summed E-state index contributed by atoms with van der Waals surface area (Å²) >= 11 is 7.37. The minimum Gasteiger partial charge on any atom is -0.321 e. The molecule has 0 bridgehead atoms. The van der Waals surface area contributed by atoms with E-state index in [2.05, 4.69) is 26.0 Å². The first-order valence-electron chi connectivity index (χ1n) is 8.84. The second kappa shape index (κ2) is 13.4. The van der Waals surface area contributed by atoms with Gasteiger partial charge in [0, 0.05) is 4.90 Å². The lowest BCUT2D eigenvalue weighted by atomic mass is 10.2. The summed E-state index contributed by atoms with van der Waals surface area (Å²) in [5.74, 6) is 0. The van der Waals surface area contributed by atoms with Gasteiger partial charge in [0.1, 0.15) is 0 Å². The van der Waals surface area contributed by atoms with Crippen LogP contribution in [-0.2, 0) is 20.9 Å². The van der Waals surface area contributed by atoms with Crippen molar-refractivity contribution in [3.05, 3.63) is 30.3 Å². The van der Waals surface area contributed by atoms with E-state index < -0.39 is 5.69 Å². The molecule has 0 saturated heterocycles. The summed E-state index contributed by atoms with van der Waals surface area (Å²) < 4.78 is 12.1. The second-order valence-electron chi connectivity index (χ2n) is 5.64. The Morgan fingerprint density at radius 2 is 1.35 bits per heavy atom. The van der Waals surface area contributed by atoms with Gasteiger partial charge in [-0.3, -0.25) is 0 Å². The molecular formula is C18H31O2PS2. The molecule has 1 aromatic rings. The van der Waals surface area contributed by atoms with Crippen molar-refractivity contribution in [3.63, 3.8) is 0 Å². The molecule has 1 rings (SSSR count). The molecule has 0 spiro atoms. The smallest absolute Gasteiger partial charge is 0.252 e. The molecule has 2 nitrogen and oxygen atoms in total. The third kappa shape index (κ3) is 10.6. The van der Waals surface area contributed by atoms with Crippen molar-refractivity contribution in [3.8, 4) is 0 Å². The molecule has 0 N–H and O–H groups in total. The number of unbranched alkanes of at least 4 members (excludes halogenated alkanes) is 6. The summed E-state index contributed by atoms with van der Waals surface area (Å²) in [4.78, 5) is 1.14. The Morgan fingerprint density at radius 3 is 1.83 bits per heavy atom.